The molecule has 0 unspecified atom stereocenters. The Morgan fingerprint density at radius 2 is 0.900 bits per heavy atom. The molecule has 175 valence electrons. The minimum absolute atomic E-state index is 0. The predicted molar refractivity (Wildman–Crippen MR) is 133 cm³/mol. The van der Waals surface area contributed by atoms with Gasteiger partial charge in [-0.1, -0.05) is 118 Å². The molecule has 0 aliphatic rings. The van der Waals surface area contributed by atoms with Crippen molar-refractivity contribution in [3.63, 3.8) is 0 Å². The third-order valence-electron chi connectivity index (χ3n) is 5.40. The second kappa shape index (κ2) is 34.3. The summed E-state index contributed by atoms with van der Waals surface area (Å²) in [6, 6.07) is 0. The van der Waals surface area contributed by atoms with Gasteiger partial charge in [-0.15, -0.1) is 0 Å². The number of hydrogen-bond acceptors (Lipinski definition) is 2. The topological polar surface area (TPSA) is 37.3 Å². The van der Waals surface area contributed by atoms with E-state index in [1.807, 2.05) is 0 Å². The van der Waals surface area contributed by atoms with Crippen LogP contribution in [0.15, 0.2) is 0 Å². The number of carbonyl (C=O) groups excluding carboxylic acids is 1. The summed E-state index contributed by atoms with van der Waals surface area (Å²) in [5, 5.41) is 9.65. The Hall–Kier alpha value is 0.695. The Balaban J connectivity index is -0.000000133. The van der Waals surface area contributed by atoms with Gasteiger partial charge in [0.2, 0.25) is 0 Å². The smallest absolute Gasteiger partial charge is 1.00 e. The molecule has 4 heteroatoms. The van der Waals surface area contributed by atoms with Crippen molar-refractivity contribution >= 4 is 14.2 Å². The van der Waals surface area contributed by atoms with Crippen LogP contribution in [0, 0.1) is 0 Å². The number of carbonyl (C=O) groups is 1. The molecule has 0 rings (SSSR count). The first kappa shape index (κ1) is 38.0. The number of ketones is 1. The van der Waals surface area contributed by atoms with Crippen LogP contribution in [0.2, 0.25) is 0 Å². The number of rotatable bonds is 20. The van der Waals surface area contributed by atoms with Crippen molar-refractivity contribution in [2.45, 2.75) is 162 Å². The van der Waals surface area contributed by atoms with E-state index in [1.54, 1.807) is 0 Å². The number of hydrogen-bond donors (Lipinski definition) is 1. The van der Waals surface area contributed by atoms with Gasteiger partial charge in [-0.05, 0) is 25.7 Å². The quantitative estimate of drug-likeness (QED) is 0.203. The predicted octanol–water partition coefficient (Wildman–Crippen LogP) is 5.52. The van der Waals surface area contributed by atoms with Gasteiger partial charge in [-0.3, -0.25) is 4.79 Å². The van der Waals surface area contributed by atoms with Gasteiger partial charge in [0.25, 0.3) is 0 Å². The fourth-order valence-electron chi connectivity index (χ4n) is 3.38. The molecule has 0 aromatic heterocycles. The van der Waals surface area contributed by atoms with E-state index in [2.05, 4.69) is 27.7 Å². The van der Waals surface area contributed by atoms with Gasteiger partial charge in [-0.25, -0.2) is 0 Å². The summed E-state index contributed by atoms with van der Waals surface area (Å²) >= 11 is 0. The SMILES string of the molecule is CCCCCCC(=O)CCCCCC.CCCCCCC(O)CCCCCC.[B].[H-].[Na+]. The van der Waals surface area contributed by atoms with Crippen LogP contribution in [0.3, 0.4) is 0 Å². The minimum atomic E-state index is -0.0243. The van der Waals surface area contributed by atoms with Crippen molar-refractivity contribution in [3.8, 4) is 0 Å². The molecule has 0 aromatic carbocycles. The molecule has 0 spiro atoms. The van der Waals surface area contributed by atoms with Crippen LogP contribution in [-0.4, -0.2) is 25.4 Å². The van der Waals surface area contributed by atoms with Gasteiger partial charge in [0.15, 0.2) is 0 Å². The summed E-state index contributed by atoms with van der Waals surface area (Å²) < 4.78 is 0. The first-order valence-electron chi connectivity index (χ1n) is 12.8. The molecule has 0 saturated carbocycles. The summed E-state index contributed by atoms with van der Waals surface area (Å²) in [6.45, 7) is 8.85. The maximum absolute atomic E-state index is 11.4. The number of aliphatic hydroxyl groups is 1. The minimum Gasteiger partial charge on any atom is -1.00 e. The van der Waals surface area contributed by atoms with Crippen molar-refractivity contribution in [1.29, 1.82) is 0 Å². The normalized spacial score (nSPS) is 10.1. The monoisotopic (exact) mass is 433 g/mol. The molecule has 0 fully saturated rings. The zero-order chi connectivity index (χ0) is 21.3. The van der Waals surface area contributed by atoms with E-state index in [1.165, 1.54) is 89.9 Å². The van der Waals surface area contributed by atoms with Crippen molar-refractivity contribution in [2.24, 2.45) is 0 Å². The first-order chi connectivity index (χ1) is 13.6. The van der Waals surface area contributed by atoms with Gasteiger partial charge in [0, 0.05) is 21.3 Å². The van der Waals surface area contributed by atoms with Crippen molar-refractivity contribution in [2.75, 3.05) is 0 Å². The molecule has 3 radical (unpaired) electrons. The summed E-state index contributed by atoms with van der Waals surface area (Å²) in [5.74, 6) is 0.484. The van der Waals surface area contributed by atoms with Gasteiger partial charge in [0.05, 0.1) is 6.10 Å². The molecule has 1 N–H and O–H groups in total. The number of unbranched alkanes of at least 4 members (excludes halogenated alkanes) is 12. The second-order valence-corrected chi connectivity index (χ2v) is 8.51. The van der Waals surface area contributed by atoms with E-state index in [9.17, 15) is 9.90 Å². The standard InChI is InChI=1S/C13H28O.C13H26O.B.Na.H/c2*1-3-5-7-9-11-13(14)12-10-8-6-4-2;;;/h13-14H,3-12H2,1-2H3;3-12H2,1-2H3;;;/q;;;+1;-1. The summed E-state index contributed by atoms with van der Waals surface area (Å²) in [5.41, 5.74) is 0. The van der Waals surface area contributed by atoms with Crippen LogP contribution in [0.4, 0.5) is 0 Å². The van der Waals surface area contributed by atoms with Crippen molar-refractivity contribution in [1.82, 2.24) is 0 Å². The summed E-state index contributed by atoms with van der Waals surface area (Å²) in [4.78, 5) is 11.4. The molecule has 0 amide bonds. The Kier molecular flexibility index (Phi) is 43.4. The van der Waals surface area contributed by atoms with E-state index >= 15 is 0 Å². The molecule has 0 aliphatic carbocycles. The van der Waals surface area contributed by atoms with Gasteiger partial charge >= 0.3 is 29.6 Å². The van der Waals surface area contributed by atoms with Crippen LogP contribution in [-0.2, 0) is 4.79 Å². The fraction of sp³-hybridized carbons (Fsp3) is 0.962. The summed E-state index contributed by atoms with van der Waals surface area (Å²) in [7, 11) is 0. The maximum Gasteiger partial charge on any atom is 1.00 e. The average molecular weight is 434 g/mol. The van der Waals surface area contributed by atoms with Crippen LogP contribution >= 0.6 is 0 Å². The Morgan fingerprint density at radius 1 is 0.600 bits per heavy atom. The molecular weight excluding hydrogens is 378 g/mol. The molecule has 30 heavy (non-hydrogen) atoms. The second-order valence-electron chi connectivity index (χ2n) is 8.51. The van der Waals surface area contributed by atoms with Crippen molar-refractivity contribution in [3.05, 3.63) is 0 Å². The van der Waals surface area contributed by atoms with Crippen LogP contribution in [0.1, 0.15) is 158 Å². The van der Waals surface area contributed by atoms with E-state index in [0.29, 0.717) is 5.78 Å². The van der Waals surface area contributed by atoms with Crippen LogP contribution in [0.25, 0.3) is 0 Å². The van der Waals surface area contributed by atoms with E-state index in [-0.39, 0.29) is 45.5 Å². The Labute approximate surface area is 216 Å². The number of Topliss-reactive ketones (excluding diaryl/α,β-unsaturated/α-hetero) is 1. The molecule has 2 nitrogen and oxygen atoms in total. The van der Waals surface area contributed by atoms with Crippen LogP contribution in [0.5, 0.6) is 0 Å². The molecular formula is C26H55BNaO2. The van der Waals surface area contributed by atoms with E-state index < -0.39 is 0 Å². The zero-order valence-electron chi connectivity index (χ0n) is 22.7. The molecule has 0 aromatic rings. The molecule has 0 atom stereocenters. The average Bonchev–Trinajstić information content (AvgIpc) is 2.70. The maximum atomic E-state index is 11.4. The molecule has 0 bridgehead atoms. The molecule has 0 heterocycles. The largest absolute Gasteiger partial charge is 1.00 e. The van der Waals surface area contributed by atoms with Crippen LogP contribution < -0.4 is 29.6 Å². The first-order valence-corrected chi connectivity index (χ1v) is 12.8. The Bertz CT molecular complexity index is 281. The molecule has 0 aliphatic heterocycles. The van der Waals surface area contributed by atoms with Gasteiger partial charge in [-0.2, -0.15) is 0 Å². The molecule has 0 saturated heterocycles. The fourth-order valence-corrected chi connectivity index (χ4v) is 3.38. The third-order valence-corrected chi connectivity index (χ3v) is 5.40. The van der Waals surface area contributed by atoms with Crippen molar-refractivity contribution < 1.29 is 40.9 Å². The third kappa shape index (κ3) is 36.1. The van der Waals surface area contributed by atoms with Gasteiger partial charge in [0.1, 0.15) is 5.78 Å². The van der Waals surface area contributed by atoms with E-state index in [4.69, 9.17) is 0 Å². The van der Waals surface area contributed by atoms with E-state index in [0.717, 1.165) is 38.5 Å². The zero-order valence-corrected chi connectivity index (χ0v) is 23.7. The Morgan fingerprint density at radius 3 is 1.20 bits per heavy atom. The van der Waals surface area contributed by atoms with Gasteiger partial charge < -0.3 is 6.53 Å². The number of aliphatic hydroxyl groups excluding tert-OH is 1. The summed E-state index contributed by atoms with van der Waals surface area (Å²) in [6.07, 6.45) is 23.7.